The minimum Gasteiger partial charge on any atom is -0.489 e. The van der Waals surface area contributed by atoms with Crippen molar-refractivity contribution in [2.24, 2.45) is 0 Å². The number of ether oxygens (including phenoxy) is 1. The van der Waals surface area contributed by atoms with Crippen LogP contribution in [0.3, 0.4) is 0 Å². The third kappa shape index (κ3) is 3.16. The number of para-hydroxylation sites is 1. The average molecular weight is 219 g/mol. The molecular weight excluding hydrogens is 207 g/mol. The Labute approximate surface area is 87.3 Å². The third-order valence-electron chi connectivity index (χ3n) is 1.72. The first-order valence-electron chi connectivity index (χ1n) is 4.43. The van der Waals surface area contributed by atoms with Crippen molar-refractivity contribution >= 4 is 11.6 Å². The van der Waals surface area contributed by atoms with Gasteiger partial charge >= 0.3 is 0 Å². The van der Waals surface area contributed by atoms with Crippen LogP contribution in [0.15, 0.2) is 18.2 Å². The molecule has 0 aliphatic rings. The van der Waals surface area contributed by atoms with Gasteiger partial charge < -0.3 is 9.84 Å². The Morgan fingerprint density at radius 1 is 1.36 bits per heavy atom. The van der Waals surface area contributed by atoms with E-state index < -0.39 is 5.82 Å². The molecule has 78 valence electrons. The summed E-state index contributed by atoms with van der Waals surface area (Å²) in [5.74, 6) is -0.367. The van der Waals surface area contributed by atoms with E-state index in [1.807, 2.05) is 0 Å². The quantitative estimate of drug-likeness (QED) is 0.770. The van der Waals surface area contributed by atoms with Crippen LogP contribution in [-0.2, 0) is 0 Å². The van der Waals surface area contributed by atoms with Crippen molar-refractivity contribution in [2.45, 2.75) is 12.8 Å². The summed E-state index contributed by atoms with van der Waals surface area (Å²) >= 11 is 5.73. The molecule has 0 unspecified atom stereocenters. The van der Waals surface area contributed by atoms with Crippen LogP contribution in [0.25, 0.3) is 0 Å². The van der Waals surface area contributed by atoms with Gasteiger partial charge in [0.2, 0.25) is 0 Å². The van der Waals surface area contributed by atoms with E-state index in [2.05, 4.69) is 0 Å². The molecule has 0 spiro atoms. The van der Waals surface area contributed by atoms with E-state index in [-0.39, 0.29) is 17.4 Å². The molecule has 0 amide bonds. The Balaban J connectivity index is 2.49. The van der Waals surface area contributed by atoms with Crippen LogP contribution in [0.2, 0.25) is 5.02 Å². The van der Waals surface area contributed by atoms with Crippen molar-refractivity contribution in [1.29, 1.82) is 0 Å². The number of halogens is 2. The van der Waals surface area contributed by atoms with Gasteiger partial charge in [0, 0.05) is 6.61 Å². The zero-order valence-electron chi connectivity index (χ0n) is 7.67. The minimum atomic E-state index is -0.457. The molecule has 0 aromatic heterocycles. The molecule has 0 atom stereocenters. The lowest BCUT2D eigenvalue weighted by Crippen LogP contribution is -2.00. The van der Waals surface area contributed by atoms with E-state index in [1.165, 1.54) is 12.1 Å². The van der Waals surface area contributed by atoms with E-state index in [9.17, 15) is 4.39 Å². The minimum absolute atomic E-state index is 0.0899. The van der Waals surface area contributed by atoms with Crippen LogP contribution in [-0.4, -0.2) is 18.3 Å². The maximum atomic E-state index is 13.1. The summed E-state index contributed by atoms with van der Waals surface area (Å²) in [4.78, 5) is 0. The molecule has 0 bridgehead atoms. The summed E-state index contributed by atoms with van der Waals surface area (Å²) in [6.45, 7) is 0.482. The van der Waals surface area contributed by atoms with Gasteiger partial charge in [0.15, 0.2) is 11.6 Å². The lowest BCUT2D eigenvalue weighted by molar-refractivity contribution is 0.248. The number of rotatable bonds is 5. The Morgan fingerprint density at radius 3 is 2.79 bits per heavy atom. The molecule has 1 aromatic rings. The smallest absolute Gasteiger partial charge is 0.173 e. The molecule has 0 aliphatic heterocycles. The fraction of sp³-hybridized carbons (Fsp3) is 0.400. The normalized spacial score (nSPS) is 10.2. The first kappa shape index (κ1) is 11.3. The summed E-state index contributed by atoms with van der Waals surface area (Å²) in [6.07, 6.45) is 1.33. The van der Waals surface area contributed by atoms with Crippen LogP contribution < -0.4 is 4.74 Å². The highest BCUT2D eigenvalue weighted by molar-refractivity contribution is 6.32. The molecule has 2 nitrogen and oxygen atoms in total. The van der Waals surface area contributed by atoms with Crippen molar-refractivity contribution in [3.05, 3.63) is 29.0 Å². The van der Waals surface area contributed by atoms with Crippen LogP contribution in [0, 0.1) is 5.82 Å². The molecule has 1 aromatic carbocycles. The Morgan fingerprint density at radius 2 is 2.14 bits per heavy atom. The molecule has 0 fully saturated rings. The topological polar surface area (TPSA) is 29.5 Å². The maximum Gasteiger partial charge on any atom is 0.173 e. The number of unbranched alkanes of at least 4 members (excludes halogenated alkanes) is 1. The second-order valence-corrected chi connectivity index (χ2v) is 3.24. The molecule has 0 heterocycles. The standard InChI is InChI=1S/C10H12ClFO2/c11-8-4-3-5-9(12)10(8)14-7-2-1-6-13/h3-5,13H,1-2,6-7H2. The molecule has 1 N–H and O–H groups in total. The molecule has 0 saturated heterocycles. The van der Waals surface area contributed by atoms with Gasteiger partial charge in [0.25, 0.3) is 0 Å². The van der Waals surface area contributed by atoms with E-state index in [4.69, 9.17) is 21.4 Å². The van der Waals surface area contributed by atoms with Gasteiger partial charge in [-0.1, -0.05) is 17.7 Å². The van der Waals surface area contributed by atoms with Crippen molar-refractivity contribution in [3.8, 4) is 5.75 Å². The molecule has 14 heavy (non-hydrogen) atoms. The van der Waals surface area contributed by atoms with Gasteiger partial charge in [-0.3, -0.25) is 0 Å². The largest absolute Gasteiger partial charge is 0.489 e. The van der Waals surface area contributed by atoms with Crippen LogP contribution >= 0.6 is 11.6 Å². The summed E-state index contributed by atoms with van der Waals surface area (Å²) < 4.78 is 18.3. The first-order valence-corrected chi connectivity index (χ1v) is 4.81. The highest BCUT2D eigenvalue weighted by Crippen LogP contribution is 2.27. The molecule has 4 heteroatoms. The summed E-state index contributed by atoms with van der Waals surface area (Å²) in [5, 5.41) is 8.79. The molecule has 0 radical (unpaired) electrons. The van der Waals surface area contributed by atoms with Crippen molar-refractivity contribution < 1.29 is 14.2 Å². The SMILES string of the molecule is OCCCCOc1c(F)cccc1Cl. The predicted molar refractivity (Wildman–Crippen MR) is 53.2 cm³/mol. The second kappa shape index (κ2) is 5.83. The van der Waals surface area contributed by atoms with Crippen LogP contribution in [0.1, 0.15) is 12.8 Å². The average Bonchev–Trinajstić information content (AvgIpc) is 2.16. The van der Waals surface area contributed by atoms with E-state index >= 15 is 0 Å². The number of benzene rings is 1. The first-order chi connectivity index (χ1) is 6.75. The number of hydrogen-bond donors (Lipinski definition) is 1. The van der Waals surface area contributed by atoms with Crippen LogP contribution in [0.5, 0.6) is 5.75 Å². The fourth-order valence-electron chi connectivity index (χ4n) is 1.01. The van der Waals surface area contributed by atoms with Gasteiger partial charge in [0.1, 0.15) is 0 Å². The molecule has 1 rings (SSSR count). The fourth-order valence-corrected chi connectivity index (χ4v) is 1.23. The Bertz CT molecular complexity index is 271. The summed E-state index contributed by atoms with van der Waals surface area (Å²) in [7, 11) is 0. The Kier molecular flexibility index (Phi) is 4.70. The van der Waals surface area contributed by atoms with Gasteiger partial charge in [-0.05, 0) is 25.0 Å². The van der Waals surface area contributed by atoms with Gasteiger partial charge in [-0.2, -0.15) is 0 Å². The molecular formula is C10H12ClFO2. The number of aliphatic hydroxyl groups is 1. The highest BCUT2D eigenvalue weighted by atomic mass is 35.5. The second-order valence-electron chi connectivity index (χ2n) is 2.83. The Hall–Kier alpha value is -0.800. The summed E-state index contributed by atoms with van der Waals surface area (Å²) in [6, 6.07) is 4.40. The lowest BCUT2D eigenvalue weighted by atomic mass is 10.3. The highest BCUT2D eigenvalue weighted by Gasteiger charge is 2.06. The van der Waals surface area contributed by atoms with Gasteiger partial charge in [-0.15, -0.1) is 0 Å². The predicted octanol–water partition coefficient (Wildman–Crippen LogP) is 2.63. The number of aliphatic hydroxyl groups excluding tert-OH is 1. The van der Waals surface area contributed by atoms with E-state index in [0.717, 1.165) is 0 Å². The van der Waals surface area contributed by atoms with Gasteiger partial charge in [-0.25, -0.2) is 4.39 Å². The maximum absolute atomic E-state index is 13.1. The monoisotopic (exact) mass is 218 g/mol. The molecule has 0 aliphatic carbocycles. The molecule has 0 saturated carbocycles. The zero-order chi connectivity index (χ0) is 10.4. The zero-order valence-corrected chi connectivity index (χ0v) is 8.43. The van der Waals surface area contributed by atoms with Crippen molar-refractivity contribution in [2.75, 3.05) is 13.2 Å². The van der Waals surface area contributed by atoms with Crippen molar-refractivity contribution in [3.63, 3.8) is 0 Å². The number of hydrogen-bond acceptors (Lipinski definition) is 2. The van der Waals surface area contributed by atoms with E-state index in [0.29, 0.717) is 19.4 Å². The van der Waals surface area contributed by atoms with Crippen molar-refractivity contribution in [1.82, 2.24) is 0 Å². The van der Waals surface area contributed by atoms with Gasteiger partial charge in [0.05, 0.1) is 11.6 Å². The third-order valence-corrected chi connectivity index (χ3v) is 2.02. The van der Waals surface area contributed by atoms with Crippen LogP contribution in [0.4, 0.5) is 4.39 Å². The summed E-state index contributed by atoms with van der Waals surface area (Å²) in [5.41, 5.74) is 0. The lowest BCUT2D eigenvalue weighted by Gasteiger charge is -2.07. The van der Waals surface area contributed by atoms with E-state index in [1.54, 1.807) is 6.07 Å².